The third kappa shape index (κ3) is 3.30. The zero-order valence-corrected chi connectivity index (χ0v) is 13.7. The van der Waals surface area contributed by atoms with E-state index in [2.05, 4.69) is 27.6 Å². The van der Waals surface area contributed by atoms with E-state index in [1.807, 2.05) is 0 Å². The zero-order valence-electron chi connectivity index (χ0n) is 10.0. The molecule has 1 aromatic heterocycles. The Bertz CT molecular complexity index is 646. The standard InChI is InChI=1S/C13H10Cl2INO2/c1-2-7(18)6-19-13-10(16)5-9(14)8-3-4-11(15)17-12(8)13/h3-5H,2,6H2,1H3. The maximum absolute atomic E-state index is 11.4. The number of halogens is 3. The summed E-state index contributed by atoms with van der Waals surface area (Å²) < 4.78 is 6.38. The van der Waals surface area contributed by atoms with Gasteiger partial charge in [-0.1, -0.05) is 30.1 Å². The van der Waals surface area contributed by atoms with Crippen molar-refractivity contribution in [3.63, 3.8) is 0 Å². The van der Waals surface area contributed by atoms with Crippen molar-refractivity contribution >= 4 is 62.5 Å². The number of fused-ring (bicyclic) bond motifs is 1. The maximum atomic E-state index is 11.4. The molecular formula is C13H10Cl2INO2. The second-order valence-corrected chi connectivity index (χ2v) is 5.84. The molecule has 0 unspecified atom stereocenters. The number of benzene rings is 1. The van der Waals surface area contributed by atoms with Gasteiger partial charge in [-0.05, 0) is 40.8 Å². The molecule has 0 aliphatic heterocycles. The van der Waals surface area contributed by atoms with E-state index in [-0.39, 0.29) is 12.4 Å². The second-order valence-electron chi connectivity index (χ2n) is 3.88. The van der Waals surface area contributed by atoms with E-state index in [0.717, 1.165) is 8.96 Å². The molecule has 0 aliphatic rings. The van der Waals surface area contributed by atoms with Crippen molar-refractivity contribution in [3.8, 4) is 5.75 Å². The van der Waals surface area contributed by atoms with Gasteiger partial charge in [-0.15, -0.1) is 0 Å². The van der Waals surface area contributed by atoms with Crippen LogP contribution in [-0.2, 0) is 4.79 Å². The molecule has 3 nitrogen and oxygen atoms in total. The molecule has 0 amide bonds. The first-order valence-electron chi connectivity index (χ1n) is 5.61. The van der Waals surface area contributed by atoms with Gasteiger partial charge >= 0.3 is 0 Å². The summed E-state index contributed by atoms with van der Waals surface area (Å²) in [5.74, 6) is 0.574. The average Bonchev–Trinajstić information content (AvgIpc) is 2.37. The van der Waals surface area contributed by atoms with Crippen molar-refractivity contribution in [1.82, 2.24) is 4.98 Å². The van der Waals surface area contributed by atoms with Gasteiger partial charge in [0.05, 0.1) is 8.59 Å². The number of carbonyl (C=O) groups is 1. The highest BCUT2D eigenvalue weighted by Crippen LogP contribution is 2.35. The molecule has 0 atom stereocenters. The summed E-state index contributed by atoms with van der Waals surface area (Å²) >= 11 is 14.2. The smallest absolute Gasteiger partial charge is 0.169 e. The highest BCUT2D eigenvalue weighted by molar-refractivity contribution is 14.1. The number of hydrogen-bond donors (Lipinski definition) is 0. The topological polar surface area (TPSA) is 39.2 Å². The maximum Gasteiger partial charge on any atom is 0.169 e. The van der Waals surface area contributed by atoms with Crippen LogP contribution in [0.3, 0.4) is 0 Å². The van der Waals surface area contributed by atoms with Gasteiger partial charge in [-0.2, -0.15) is 0 Å². The molecule has 0 saturated carbocycles. The van der Waals surface area contributed by atoms with Gasteiger partial charge in [0.25, 0.3) is 0 Å². The number of ether oxygens (including phenoxy) is 1. The molecule has 6 heteroatoms. The second kappa shape index (κ2) is 6.24. The first-order chi connectivity index (χ1) is 9.02. The number of carbonyl (C=O) groups excluding carboxylic acids is 1. The molecule has 2 rings (SSSR count). The van der Waals surface area contributed by atoms with E-state index in [0.29, 0.717) is 27.9 Å². The van der Waals surface area contributed by atoms with Crippen LogP contribution in [0.5, 0.6) is 5.75 Å². The minimum Gasteiger partial charge on any atom is -0.482 e. The van der Waals surface area contributed by atoms with E-state index in [4.69, 9.17) is 27.9 Å². The minimum atomic E-state index is 0.0252. The Balaban J connectivity index is 2.52. The van der Waals surface area contributed by atoms with Crippen molar-refractivity contribution in [2.75, 3.05) is 6.61 Å². The molecule has 0 N–H and O–H groups in total. The fourth-order valence-electron chi connectivity index (χ4n) is 1.56. The number of hydrogen-bond acceptors (Lipinski definition) is 3. The molecule has 0 bridgehead atoms. The molecule has 100 valence electrons. The van der Waals surface area contributed by atoms with Gasteiger partial charge < -0.3 is 4.74 Å². The Morgan fingerprint density at radius 2 is 2.16 bits per heavy atom. The molecule has 0 saturated heterocycles. The van der Waals surface area contributed by atoms with Crippen LogP contribution in [0, 0.1) is 3.57 Å². The summed E-state index contributed by atoms with van der Waals surface area (Å²) in [5, 5.41) is 1.69. The molecular weight excluding hydrogens is 400 g/mol. The fourth-order valence-corrected chi connectivity index (χ4v) is 2.88. The lowest BCUT2D eigenvalue weighted by Gasteiger charge is -2.11. The highest BCUT2D eigenvalue weighted by Gasteiger charge is 2.14. The van der Waals surface area contributed by atoms with Gasteiger partial charge in [0.15, 0.2) is 11.5 Å². The lowest BCUT2D eigenvalue weighted by Crippen LogP contribution is -2.10. The predicted octanol–water partition coefficient (Wildman–Crippen LogP) is 4.50. The van der Waals surface area contributed by atoms with Crippen molar-refractivity contribution in [1.29, 1.82) is 0 Å². The molecule has 1 heterocycles. The molecule has 0 aliphatic carbocycles. The van der Waals surface area contributed by atoms with Gasteiger partial charge in [-0.25, -0.2) is 4.98 Å². The van der Waals surface area contributed by atoms with Crippen LogP contribution in [0.4, 0.5) is 0 Å². The Labute approximate surface area is 134 Å². The van der Waals surface area contributed by atoms with Crippen LogP contribution < -0.4 is 4.74 Å². The van der Waals surface area contributed by atoms with E-state index >= 15 is 0 Å². The number of ketones is 1. The van der Waals surface area contributed by atoms with E-state index in [1.54, 1.807) is 25.1 Å². The minimum absolute atomic E-state index is 0.0252. The van der Waals surface area contributed by atoms with Crippen molar-refractivity contribution < 1.29 is 9.53 Å². The Morgan fingerprint density at radius 1 is 1.42 bits per heavy atom. The highest BCUT2D eigenvalue weighted by atomic mass is 127. The van der Waals surface area contributed by atoms with Crippen LogP contribution in [-0.4, -0.2) is 17.4 Å². The molecule has 0 radical (unpaired) electrons. The SMILES string of the molecule is CCC(=O)COc1c(I)cc(Cl)c2ccc(Cl)nc12. The normalized spacial score (nSPS) is 10.7. The summed E-state index contributed by atoms with van der Waals surface area (Å²) in [5.41, 5.74) is 0.577. The van der Waals surface area contributed by atoms with E-state index in [9.17, 15) is 4.79 Å². The molecule has 0 spiro atoms. The molecule has 2 aromatic rings. The van der Waals surface area contributed by atoms with Crippen LogP contribution in [0.2, 0.25) is 10.2 Å². The molecule has 19 heavy (non-hydrogen) atoms. The van der Waals surface area contributed by atoms with Crippen molar-refractivity contribution in [2.24, 2.45) is 0 Å². The third-order valence-corrected chi connectivity index (χ3v) is 3.90. The van der Waals surface area contributed by atoms with Crippen LogP contribution in [0.25, 0.3) is 10.9 Å². The lowest BCUT2D eigenvalue weighted by molar-refractivity contribution is -0.120. The third-order valence-electron chi connectivity index (χ3n) is 2.58. The Hall–Kier alpha value is -0.590. The van der Waals surface area contributed by atoms with Crippen molar-refractivity contribution in [3.05, 3.63) is 31.9 Å². The van der Waals surface area contributed by atoms with Crippen LogP contribution in [0.15, 0.2) is 18.2 Å². The largest absolute Gasteiger partial charge is 0.482 e. The predicted molar refractivity (Wildman–Crippen MR) is 85.3 cm³/mol. The van der Waals surface area contributed by atoms with Crippen LogP contribution >= 0.6 is 45.8 Å². The number of pyridine rings is 1. The number of rotatable bonds is 4. The van der Waals surface area contributed by atoms with Gasteiger partial charge in [-0.3, -0.25) is 4.79 Å². The first-order valence-corrected chi connectivity index (χ1v) is 7.45. The van der Waals surface area contributed by atoms with Crippen molar-refractivity contribution in [2.45, 2.75) is 13.3 Å². The monoisotopic (exact) mass is 409 g/mol. The first kappa shape index (κ1) is 14.8. The summed E-state index contributed by atoms with van der Waals surface area (Å²) in [6.45, 7) is 1.82. The van der Waals surface area contributed by atoms with Gasteiger partial charge in [0.2, 0.25) is 0 Å². The quantitative estimate of drug-likeness (QED) is 0.551. The van der Waals surface area contributed by atoms with Gasteiger partial charge in [0.1, 0.15) is 17.3 Å². The molecule has 1 aromatic carbocycles. The molecule has 0 fully saturated rings. The van der Waals surface area contributed by atoms with Gasteiger partial charge in [0, 0.05) is 11.8 Å². The Kier molecular flexibility index (Phi) is 4.86. The van der Waals surface area contributed by atoms with E-state index in [1.165, 1.54) is 0 Å². The van der Waals surface area contributed by atoms with E-state index < -0.39 is 0 Å². The average molecular weight is 410 g/mol. The number of aromatic nitrogens is 1. The van der Waals surface area contributed by atoms with Crippen LogP contribution in [0.1, 0.15) is 13.3 Å². The number of Topliss-reactive ketones (excluding diaryl/α,β-unsaturated/α-hetero) is 1. The zero-order chi connectivity index (χ0) is 14.0. The fraction of sp³-hybridized carbons (Fsp3) is 0.231. The summed E-state index contributed by atoms with van der Waals surface area (Å²) in [7, 11) is 0. The summed E-state index contributed by atoms with van der Waals surface area (Å²) in [4.78, 5) is 15.6. The summed E-state index contributed by atoms with van der Waals surface area (Å²) in [6, 6.07) is 5.24. The lowest BCUT2D eigenvalue weighted by atomic mass is 10.2. The summed E-state index contributed by atoms with van der Waals surface area (Å²) in [6.07, 6.45) is 0.441. The Morgan fingerprint density at radius 3 is 2.84 bits per heavy atom. The number of nitrogens with zero attached hydrogens (tertiary/aromatic N) is 1.